The van der Waals surface area contributed by atoms with E-state index in [9.17, 15) is 9.59 Å². The van der Waals surface area contributed by atoms with Gasteiger partial charge in [0.2, 0.25) is 16.6 Å². The van der Waals surface area contributed by atoms with E-state index in [1.54, 1.807) is 0 Å². The molecule has 0 rings (SSSR count). The first-order valence-electron chi connectivity index (χ1n) is 8.26. The van der Waals surface area contributed by atoms with Gasteiger partial charge in [0.25, 0.3) is 0 Å². The SMILES string of the molecule is CCCC[Si](C)(C)OC(=O)/C=C\C(=O)O[Si](C)(C)CCCC. The molecule has 0 aliphatic heterocycles. The lowest BCUT2D eigenvalue weighted by Crippen LogP contribution is -2.33. The van der Waals surface area contributed by atoms with Crippen molar-refractivity contribution in [2.75, 3.05) is 0 Å². The molecule has 0 N–H and O–H groups in total. The predicted molar refractivity (Wildman–Crippen MR) is 95.7 cm³/mol. The highest BCUT2D eigenvalue weighted by Gasteiger charge is 2.27. The summed E-state index contributed by atoms with van der Waals surface area (Å²) in [6.45, 7) is 12.3. The minimum Gasteiger partial charge on any atom is -0.517 e. The van der Waals surface area contributed by atoms with E-state index in [0.29, 0.717) is 0 Å². The van der Waals surface area contributed by atoms with Crippen molar-refractivity contribution in [3.8, 4) is 0 Å². The Bertz CT molecular complexity index is 354. The summed E-state index contributed by atoms with van der Waals surface area (Å²) in [5, 5.41) is 0. The average Bonchev–Trinajstić information content (AvgIpc) is 2.40. The van der Waals surface area contributed by atoms with Crippen LogP contribution < -0.4 is 0 Å². The van der Waals surface area contributed by atoms with Gasteiger partial charge in [0, 0.05) is 12.2 Å². The summed E-state index contributed by atoms with van der Waals surface area (Å²) >= 11 is 0. The maximum absolute atomic E-state index is 11.8. The summed E-state index contributed by atoms with van der Waals surface area (Å²) < 4.78 is 11.0. The average molecular weight is 345 g/mol. The zero-order valence-corrected chi connectivity index (χ0v) is 17.0. The number of rotatable bonds is 10. The molecule has 22 heavy (non-hydrogen) atoms. The van der Waals surface area contributed by atoms with Crippen molar-refractivity contribution in [1.82, 2.24) is 0 Å². The molecule has 0 bridgehead atoms. The number of carbonyl (C=O) groups excluding carboxylic acids is 2. The van der Waals surface area contributed by atoms with Gasteiger partial charge in [-0.25, -0.2) is 9.59 Å². The van der Waals surface area contributed by atoms with E-state index >= 15 is 0 Å². The second-order valence-electron chi connectivity index (χ2n) is 6.90. The first-order chi connectivity index (χ1) is 10.1. The number of carbonyl (C=O) groups is 2. The van der Waals surface area contributed by atoms with Gasteiger partial charge in [-0.3, -0.25) is 0 Å². The van der Waals surface area contributed by atoms with Gasteiger partial charge in [-0.2, -0.15) is 0 Å². The van der Waals surface area contributed by atoms with Gasteiger partial charge in [0.15, 0.2) is 0 Å². The molecule has 0 fully saturated rings. The molecule has 6 heteroatoms. The molecular weight excluding hydrogens is 312 g/mol. The van der Waals surface area contributed by atoms with Crippen LogP contribution in [0, 0.1) is 0 Å². The van der Waals surface area contributed by atoms with E-state index in [-0.39, 0.29) is 0 Å². The third-order valence-corrected chi connectivity index (χ3v) is 8.00. The fourth-order valence-corrected chi connectivity index (χ4v) is 5.90. The molecule has 0 saturated carbocycles. The van der Waals surface area contributed by atoms with Gasteiger partial charge < -0.3 is 8.85 Å². The van der Waals surface area contributed by atoms with Crippen molar-refractivity contribution in [2.24, 2.45) is 0 Å². The van der Waals surface area contributed by atoms with Gasteiger partial charge in [0.1, 0.15) is 0 Å². The highest BCUT2D eigenvalue weighted by atomic mass is 28.4. The molecule has 128 valence electrons. The Hall–Kier alpha value is -0.886. The van der Waals surface area contributed by atoms with Crippen molar-refractivity contribution in [1.29, 1.82) is 0 Å². The fraction of sp³-hybridized carbons (Fsp3) is 0.750. The van der Waals surface area contributed by atoms with E-state index in [1.165, 1.54) is 12.2 Å². The summed E-state index contributed by atoms with van der Waals surface area (Å²) in [4.78, 5) is 23.6. The Kier molecular flexibility index (Phi) is 9.59. The van der Waals surface area contributed by atoms with Crippen LogP contribution in [0.2, 0.25) is 38.3 Å². The number of hydrogen-bond acceptors (Lipinski definition) is 4. The molecule has 0 aliphatic carbocycles. The molecule has 0 heterocycles. The minimum atomic E-state index is -1.97. The second kappa shape index (κ2) is 10.00. The van der Waals surface area contributed by atoms with Crippen molar-refractivity contribution in [3.63, 3.8) is 0 Å². The minimum absolute atomic E-state index is 0.433. The van der Waals surface area contributed by atoms with Gasteiger partial charge in [-0.15, -0.1) is 0 Å². The molecular formula is C16H32O4Si2. The molecule has 0 aromatic carbocycles. The molecule has 0 unspecified atom stereocenters. The Labute approximate surface area is 137 Å². The summed E-state index contributed by atoms with van der Waals surface area (Å²) in [5.74, 6) is -0.865. The molecule has 0 aliphatic rings. The first-order valence-corrected chi connectivity index (χ1v) is 14.5. The maximum atomic E-state index is 11.8. The molecule has 0 radical (unpaired) electrons. The lowest BCUT2D eigenvalue weighted by Gasteiger charge is -2.22. The zero-order chi connectivity index (χ0) is 17.2. The van der Waals surface area contributed by atoms with Crippen LogP contribution in [0.4, 0.5) is 0 Å². The highest BCUT2D eigenvalue weighted by molar-refractivity contribution is 6.73. The summed E-state index contributed by atoms with van der Waals surface area (Å²) in [7, 11) is -3.94. The van der Waals surface area contributed by atoms with E-state index in [2.05, 4.69) is 13.8 Å². The second-order valence-corrected chi connectivity index (χ2v) is 15.3. The Morgan fingerprint density at radius 1 is 0.773 bits per heavy atom. The fourth-order valence-electron chi connectivity index (χ4n) is 2.06. The molecule has 0 aromatic rings. The largest absolute Gasteiger partial charge is 0.517 e. The van der Waals surface area contributed by atoms with Gasteiger partial charge >= 0.3 is 11.9 Å². The summed E-state index contributed by atoms with van der Waals surface area (Å²) in [5.41, 5.74) is 0. The van der Waals surface area contributed by atoms with Crippen LogP contribution in [0.15, 0.2) is 12.2 Å². The molecule has 0 saturated heterocycles. The normalized spacial score (nSPS) is 12.5. The predicted octanol–water partition coefficient (Wildman–Crippen LogP) is 4.64. The van der Waals surface area contributed by atoms with Crippen LogP contribution in [0.1, 0.15) is 39.5 Å². The van der Waals surface area contributed by atoms with Crippen molar-refractivity contribution >= 4 is 28.6 Å². The molecule has 0 aromatic heterocycles. The van der Waals surface area contributed by atoms with Gasteiger partial charge in [-0.1, -0.05) is 39.5 Å². The van der Waals surface area contributed by atoms with Crippen LogP contribution in [-0.4, -0.2) is 28.6 Å². The van der Waals surface area contributed by atoms with E-state index in [0.717, 1.165) is 37.8 Å². The lowest BCUT2D eigenvalue weighted by molar-refractivity contribution is -0.132. The Morgan fingerprint density at radius 2 is 1.09 bits per heavy atom. The quantitative estimate of drug-likeness (QED) is 0.428. The monoisotopic (exact) mass is 344 g/mol. The third kappa shape index (κ3) is 10.8. The molecule has 0 amide bonds. The van der Waals surface area contributed by atoms with Gasteiger partial charge in [0.05, 0.1) is 0 Å². The van der Waals surface area contributed by atoms with Crippen LogP contribution in [0.5, 0.6) is 0 Å². The molecule has 4 nitrogen and oxygen atoms in total. The number of hydrogen-bond donors (Lipinski definition) is 0. The third-order valence-electron chi connectivity index (χ3n) is 3.37. The first kappa shape index (κ1) is 21.1. The van der Waals surface area contributed by atoms with E-state index < -0.39 is 28.6 Å². The van der Waals surface area contributed by atoms with Crippen molar-refractivity contribution in [2.45, 2.75) is 77.8 Å². The summed E-state index contributed by atoms with van der Waals surface area (Å²) in [6, 6.07) is 1.90. The zero-order valence-electron chi connectivity index (χ0n) is 15.0. The topological polar surface area (TPSA) is 52.6 Å². The lowest BCUT2D eigenvalue weighted by atomic mass is 10.4. The van der Waals surface area contributed by atoms with Crippen molar-refractivity contribution in [3.05, 3.63) is 12.2 Å². The van der Waals surface area contributed by atoms with Crippen LogP contribution in [0.25, 0.3) is 0 Å². The van der Waals surface area contributed by atoms with Crippen LogP contribution in [-0.2, 0) is 18.4 Å². The van der Waals surface area contributed by atoms with Crippen LogP contribution in [0.3, 0.4) is 0 Å². The van der Waals surface area contributed by atoms with Crippen molar-refractivity contribution < 1.29 is 18.4 Å². The smallest absolute Gasteiger partial charge is 0.317 e. The van der Waals surface area contributed by atoms with E-state index in [4.69, 9.17) is 8.85 Å². The molecule has 0 atom stereocenters. The highest BCUT2D eigenvalue weighted by Crippen LogP contribution is 2.16. The standard InChI is InChI=1S/C16H32O4Si2/c1-7-9-13-21(3,4)19-15(17)11-12-16(18)20-22(5,6)14-10-8-2/h11-12H,7-10,13-14H2,1-6H3/b12-11-. The van der Waals surface area contributed by atoms with E-state index in [1.807, 2.05) is 26.2 Å². The summed E-state index contributed by atoms with van der Waals surface area (Å²) in [6.07, 6.45) is 6.72. The van der Waals surface area contributed by atoms with Gasteiger partial charge in [-0.05, 0) is 38.3 Å². The number of unbranched alkanes of at least 4 members (excludes halogenated alkanes) is 2. The van der Waals surface area contributed by atoms with Crippen LogP contribution >= 0.6 is 0 Å². The molecule has 0 spiro atoms. The Balaban J connectivity index is 4.34. The maximum Gasteiger partial charge on any atom is 0.317 e. The Morgan fingerprint density at radius 3 is 1.36 bits per heavy atom.